The Balaban J connectivity index is 2.24. The third kappa shape index (κ3) is 3.32. The zero-order valence-electron chi connectivity index (χ0n) is 11.7. The Hall–Kier alpha value is -0.970. The van der Waals surface area contributed by atoms with E-state index in [4.69, 9.17) is 5.73 Å². The molecule has 0 saturated heterocycles. The van der Waals surface area contributed by atoms with Gasteiger partial charge in [-0.25, -0.2) is 0 Å². The lowest BCUT2D eigenvalue weighted by atomic mass is 9.87. The van der Waals surface area contributed by atoms with E-state index in [1.807, 2.05) is 24.5 Å². The second-order valence-corrected chi connectivity index (χ2v) is 5.34. The molecule has 1 heterocycles. The van der Waals surface area contributed by atoms with E-state index < -0.39 is 0 Å². The summed E-state index contributed by atoms with van der Waals surface area (Å²) in [6.07, 6.45) is 8.31. The Morgan fingerprint density at radius 1 is 1.42 bits per heavy atom. The van der Waals surface area contributed by atoms with Crippen molar-refractivity contribution in [2.24, 2.45) is 5.73 Å². The fourth-order valence-electron chi connectivity index (χ4n) is 2.85. The van der Waals surface area contributed by atoms with E-state index in [9.17, 15) is 5.11 Å². The van der Waals surface area contributed by atoms with E-state index in [0.29, 0.717) is 12.6 Å². The summed E-state index contributed by atoms with van der Waals surface area (Å²) in [6, 6.07) is 4.94. The minimum absolute atomic E-state index is 0.0922. The molecule has 1 aliphatic carbocycles. The molecule has 1 fully saturated rings. The van der Waals surface area contributed by atoms with Gasteiger partial charge in [0.05, 0.1) is 12.6 Å². The first kappa shape index (κ1) is 14.4. The van der Waals surface area contributed by atoms with Crippen molar-refractivity contribution in [2.45, 2.75) is 50.7 Å². The molecule has 1 aliphatic rings. The summed E-state index contributed by atoms with van der Waals surface area (Å²) in [6.45, 7) is 3.01. The number of aliphatic hydroxyl groups excluding tert-OH is 1. The second kappa shape index (κ2) is 6.98. The van der Waals surface area contributed by atoms with Crippen LogP contribution in [0.15, 0.2) is 24.5 Å². The van der Waals surface area contributed by atoms with Crippen molar-refractivity contribution < 1.29 is 5.11 Å². The first-order valence-electron chi connectivity index (χ1n) is 7.30. The summed E-state index contributed by atoms with van der Waals surface area (Å²) in [4.78, 5) is 6.48. The van der Waals surface area contributed by atoms with Crippen LogP contribution in [0.2, 0.25) is 0 Å². The van der Waals surface area contributed by atoms with Crippen LogP contribution < -0.4 is 5.73 Å². The quantitative estimate of drug-likeness (QED) is 0.786. The highest BCUT2D eigenvalue weighted by Crippen LogP contribution is 2.34. The topological polar surface area (TPSA) is 62.4 Å². The molecule has 2 unspecified atom stereocenters. The Labute approximate surface area is 115 Å². The van der Waals surface area contributed by atoms with Crippen molar-refractivity contribution in [3.63, 3.8) is 0 Å². The highest BCUT2D eigenvalue weighted by atomic mass is 16.3. The van der Waals surface area contributed by atoms with Crippen LogP contribution in [0.25, 0.3) is 0 Å². The van der Waals surface area contributed by atoms with Crippen molar-refractivity contribution in [1.29, 1.82) is 0 Å². The molecule has 0 aliphatic heterocycles. The van der Waals surface area contributed by atoms with Crippen molar-refractivity contribution in [1.82, 2.24) is 9.88 Å². The molecule has 4 heteroatoms. The molecule has 1 aromatic rings. The summed E-state index contributed by atoms with van der Waals surface area (Å²) in [5, 5.41) is 9.36. The van der Waals surface area contributed by atoms with E-state index >= 15 is 0 Å². The monoisotopic (exact) mass is 263 g/mol. The summed E-state index contributed by atoms with van der Waals surface area (Å²) < 4.78 is 0. The van der Waals surface area contributed by atoms with Gasteiger partial charge in [-0.1, -0.05) is 13.3 Å². The van der Waals surface area contributed by atoms with Gasteiger partial charge in [0.15, 0.2) is 0 Å². The molecule has 19 heavy (non-hydrogen) atoms. The highest BCUT2D eigenvalue weighted by Gasteiger charge is 2.33. The number of aromatic nitrogens is 1. The molecule has 3 N–H and O–H groups in total. The number of aliphatic hydroxyl groups is 1. The number of hydrogen-bond acceptors (Lipinski definition) is 4. The van der Waals surface area contributed by atoms with Gasteiger partial charge in [-0.2, -0.15) is 0 Å². The largest absolute Gasteiger partial charge is 0.395 e. The van der Waals surface area contributed by atoms with E-state index in [1.165, 1.54) is 24.8 Å². The van der Waals surface area contributed by atoms with Crippen LogP contribution in [0.1, 0.15) is 44.2 Å². The number of pyridine rings is 1. The van der Waals surface area contributed by atoms with Crippen molar-refractivity contribution in [2.75, 3.05) is 13.2 Å². The fraction of sp³-hybridized carbons (Fsp3) is 0.667. The highest BCUT2D eigenvalue weighted by molar-refractivity contribution is 5.18. The maximum absolute atomic E-state index is 9.36. The molecule has 0 radical (unpaired) electrons. The van der Waals surface area contributed by atoms with Crippen LogP contribution in [0.4, 0.5) is 0 Å². The van der Waals surface area contributed by atoms with Gasteiger partial charge in [-0.05, 0) is 37.0 Å². The van der Waals surface area contributed by atoms with Crippen LogP contribution in [-0.2, 0) is 0 Å². The Bertz CT molecular complexity index is 367. The lowest BCUT2D eigenvalue weighted by molar-refractivity contribution is 0.0473. The maximum atomic E-state index is 9.36. The number of nitrogens with zero attached hydrogens (tertiary/aromatic N) is 2. The maximum Gasteiger partial charge on any atom is 0.0558 e. The molecule has 0 aromatic carbocycles. The van der Waals surface area contributed by atoms with E-state index in [-0.39, 0.29) is 18.7 Å². The summed E-state index contributed by atoms with van der Waals surface area (Å²) in [7, 11) is 0. The van der Waals surface area contributed by atoms with E-state index in [0.717, 1.165) is 6.42 Å². The second-order valence-electron chi connectivity index (χ2n) is 5.34. The number of hydrogen-bond donors (Lipinski definition) is 2. The molecular formula is C15H25N3O. The average Bonchev–Trinajstić information content (AvgIpc) is 2.38. The Kier molecular flexibility index (Phi) is 5.31. The lowest BCUT2D eigenvalue weighted by Gasteiger charge is -2.44. The molecular weight excluding hydrogens is 238 g/mol. The first-order chi connectivity index (χ1) is 9.27. The Morgan fingerprint density at radius 2 is 2.11 bits per heavy atom. The normalized spacial score (nSPS) is 19.2. The van der Waals surface area contributed by atoms with Gasteiger partial charge < -0.3 is 10.8 Å². The van der Waals surface area contributed by atoms with Gasteiger partial charge in [0.1, 0.15) is 0 Å². The number of rotatable bonds is 7. The minimum Gasteiger partial charge on any atom is -0.395 e. The third-order valence-electron chi connectivity index (χ3n) is 4.18. The Morgan fingerprint density at radius 3 is 2.58 bits per heavy atom. The summed E-state index contributed by atoms with van der Waals surface area (Å²) in [5.41, 5.74) is 7.57. The summed E-state index contributed by atoms with van der Waals surface area (Å²) >= 11 is 0. The molecule has 4 nitrogen and oxygen atoms in total. The molecule has 2 rings (SSSR count). The van der Waals surface area contributed by atoms with Gasteiger partial charge >= 0.3 is 0 Å². The van der Waals surface area contributed by atoms with Gasteiger partial charge in [0, 0.05) is 31.0 Å². The van der Waals surface area contributed by atoms with Gasteiger partial charge in [-0.15, -0.1) is 0 Å². The van der Waals surface area contributed by atoms with Gasteiger partial charge in [-0.3, -0.25) is 9.88 Å². The van der Waals surface area contributed by atoms with Crippen LogP contribution in [-0.4, -0.2) is 40.2 Å². The van der Waals surface area contributed by atoms with Crippen LogP contribution in [0.5, 0.6) is 0 Å². The van der Waals surface area contributed by atoms with E-state index in [1.54, 1.807) is 0 Å². The van der Waals surface area contributed by atoms with Crippen LogP contribution in [0, 0.1) is 0 Å². The average molecular weight is 263 g/mol. The molecule has 2 atom stereocenters. The van der Waals surface area contributed by atoms with Crippen LogP contribution >= 0.6 is 0 Å². The SMILES string of the molecule is CCC(N)C(c1ccncc1)N(CCO)C1CCC1. The van der Waals surface area contributed by atoms with Gasteiger partial charge in [0.2, 0.25) is 0 Å². The molecule has 1 aromatic heterocycles. The molecule has 106 valence electrons. The number of nitrogens with two attached hydrogens (primary N) is 1. The van der Waals surface area contributed by atoms with Gasteiger partial charge in [0.25, 0.3) is 0 Å². The predicted octanol–water partition coefficient (Wildman–Crippen LogP) is 1.71. The molecule has 1 saturated carbocycles. The predicted molar refractivity (Wildman–Crippen MR) is 76.7 cm³/mol. The third-order valence-corrected chi connectivity index (χ3v) is 4.18. The molecule has 0 amide bonds. The van der Waals surface area contributed by atoms with Crippen LogP contribution in [0.3, 0.4) is 0 Å². The lowest BCUT2D eigenvalue weighted by Crippen LogP contribution is -2.49. The first-order valence-corrected chi connectivity index (χ1v) is 7.30. The summed E-state index contributed by atoms with van der Waals surface area (Å²) in [5.74, 6) is 0. The fourth-order valence-corrected chi connectivity index (χ4v) is 2.85. The zero-order valence-corrected chi connectivity index (χ0v) is 11.7. The van der Waals surface area contributed by atoms with E-state index in [2.05, 4.69) is 16.8 Å². The molecule has 0 spiro atoms. The standard InChI is InChI=1S/C15H25N3O/c1-2-14(16)15(12-6-8-17-9-7-12)18(10-11-19)13-4-3-5-13/h6-9,13-15,19H,2-5,10-11,16H2,1H3. The minimum atomic E-state index is 0.0922. The smallest absolute Gasteiger partial charge is 0.0558 e. The van der Waals surface area contributed by atoms with Crippen molar-refractivity contribution >= 4 is 0 Å². The zero-order chi connectivity index (χ0) is 13.7. The molecule has 0 bridgehead atoms. The van der Waals surface area contributed by atoms with Crippen molar-refractivity contribution in [3.05, 3.63) is 30.1 Å². The van der Waals surface area contributed by atoms with Crippen molar-refractivity contribution in [3.8, 4) is 0 Å².